The minimum atomic E-state index is -5.64. The van der Waals surface area contributed by atoms with E-state index in [1.165, 1.54) is 0 Å². The summed E-state index contributed by atoms with van der Waals surface area (Å²) < 4.78 is 397. The molecule has 2 aromatic heterocycles. The van der Waals surface area contributed by atoms with Crippen molar-refractivity contribution in [2.75, 3.05) is 0 Å². The molecule has 0 aliphatic rings. The van der Waals surface area contributed by atoms with Crippen molar-refractivity contribution in [3.63, 3.8) is 0 Å². The number of hydrogen-bond donors (Lipinski definition) is 0. The number of benzene rings is 10. The number of rotatable bonds is 7. The third kappa shape index (κ3) is 12.8. The number of alkyl halides is 27. The lowest BCUT2D eigenvalue weighted by molar-refractivity contribution is -0.144. The molecule has 31 heteroatoms. The second-order valence-corrected chi connectivity index (χ2v) is 23.0. The van der Waals surface area contributed by atoms with E-state index in [1.54, 1.807) is 12.1 Å². The molecule has 2 heterocycles. The number of fused-ring (bicyclic) bond motifs is 6. The Labute approximate surface area is 552 Å². The molecule has 0 amide bonds. The van der Waals surface area contributed by atoms with Crippen molar-refractivity contribution in [3.05, 3.63) is 237 Å². The third-order valence-electron chi connectivity index (χ3n) is 16.9. The average Bonchev–Trinajstić information content (AvgIpc) is 1.54. The molecule has 0 bridgehead atoms. The van der Waals surface area contributed by atoms with Crippen LogP contribution >= 0.6 is 0 Å². The summed E-state index contributed by atoms with van der Waals surface area (Å²) in [6, 6.07) is 19.1. The zero-order valence-electron chi connectivity index (χ0n) is 49.7. The van der Waals surface area contributed by atoms with Gasteiger partial charge in [-0.3, -0.25) is 0 Å². The Kier molecular flexibility index (Phi) is 16.5. The fourth-order valence-electron chi connectivity index (χ4n) is 12.4. The van der Waals surface area contributed by atoms with Crippen LogP contribution in [0, 0.1) is 22.7 Å². The maximum absolute atomic E-state index is 15.2. The van der Waals surface area contributed by atoms with Crippen LogP contribution in [0.25, 0.3) is 111 Å². The van der Waals surface area contributed by atoms with Crippen LogP contribution < -0.4 is 0 Å². The number of nitriles is 2. The maximum Gasteiger partial charge on any atom is 0.417 e. The Bertz CT molecular complexity index is 5270. The molecule has 0 N–H and O–H groups in total. The van der Waals surface area contributed by atoms with Crippen LogP contribution in [-0.2, 0) is 55.6 Å². The topological polar surface area (TPSA) is 57.4 Å². The zero-order valence-corrected chi connectivity index (χ0v) is 49.7. The van der Waals surface area contributed by atoms with Crippen LogP contribution in [0.15, 0.2) is 176 Å². The highest BCUT2D eigenvalue weighted by molar-refractivity contribution is 6.14. The summed E-state index contributed by atoms with van der Waals surface area (Å²) in [5.41, 5.74) is -29.5. The Morgan fingerprint density at radius 1 is 0.216 bits per heavy atom. The lowest BCUT2D eigenvalue weighted by atomic mass is 9.93. The molecule has 0 saturated carbocycles. The largest absolute Gasteiger partial charge is 0.417 e. The maximum atomic E-state index is 15.2. The first-order valence-corrected chi connectivity index (χ1v) is 28.7. The lowest BCUT2D eigenvalue weighted by Gasteiger charge is -2.21. The molecule has 0 atom stereocenters. The van der Waals surface area contributed by atoms with Crippen molar-refractivity contribution in [3.8, 4) is 79.1 Å². The molecule has 0 radical (unpaired) electrons. The number of nitrogens with zero attached hydrogens (tertiary/aromatic N) is 4. The van der Waals surface area contributed by atoms with Gasteiger partial charge in [0.2, 0.25) is 0 Å². The van der Waals surface area contributed by atoms with Gasteiger partial charge >= 0.3 is 55.6 Å². The van der Waals surface area contributed by atoms with Crippen molar-refractivity contribution in [1.29, 1.82) is 10.5 Å². The standard InChI is InChI=1S/C71H29F27N4/c72-63(73,74)38-5-14-43(36(19-38)30-99)52-29-62(102-59-22-34(46-17-8-41(66(81,82)83)27-55(46)70(93,94)95)3-12-50(59)51-13-4-35(23-60(51)102)47-18-9-42(67(84,85)86)28-56(47)71(96,97)98)61(24-37(52)31-100)101-57-20-32(44-15-6-39(64(75,76)77)25-53(44)68(87,88)89)1-10-48(57)49-11-2-33(21-58(49)101)45-16-7-40(65(78,79)80)26-54(45)69(90,91)92/h1-29H. The van der Waals surface area contributed by atoms with Gasteiger partial charge in [0.15, 0.2) is 0 Å². The van der Waals surface area contributed by atoms with Crippen molar-refractivity contribution in [1.82, 2.24) is 9.13 Å². The van der Waals surface area contributed by atoms with Crippen LogP contribution in [0.2, 0.25) is 0 Å². The normalized spacial score (nSPS) is 13.2. The average molecular weight is 1450 g/mol. The van der Waals surface area contributed by atoms with E-state index in [0.29, 0.717) is 42.5 Å². The van der Waals surface area contributed by atoms with Gasteiger partial charge in [0.1, 0.15) is 0 Å². The molecule has 0 spiro atoms. The lowest BCUT2D eigenvalue weighted by Crippen LogP contribution is -2.12. The SMILES string of the molecule is N#Cc1cc(C(F)(F)F)ccc1-c1cc(-n2c3cc(-c4ccc(C(F)(F)F)cc4C(F)(F)F)ccc3c3ccc(-c4ccc(C(F)(F)F)cc4C(F)(F)F)cc32)c(-n2c3cc(-c4ccc(C(F)(F)F)cc4C(F)(F)F)ccc3c3ccc(-c4ccc(C(F)(F)F)cc4C(F)(F)F)cc32)cc1C#N. The Morgan fingerprint density at radius 2 is 0.441 bits per heavy atom. The smallest absolute Gasteiger partial charge is 0.307 e. The Balaban J connectivity index is 1.31. The highest BCUT2D eigenvalue weighted by Gasteiger charge is 2.44. The van der Waals surface area contributed by atoms with E-state index < -0.39 is 206 Å². The summed E-state index contributed by atoms with van der Waals surface area (Å²) in [6.45, 7) is 0. The zero-order chi connectivity index (χ0) is 74.5. The van der Waals surface area contributed by atoms with Gasteiger partial charge < -0.3 is 9.13 Å². The van der Waals surface area contributed by atoms with E-state index in [-0.39, 0.29) is 70.1 Å². The predicted octanol–water partition coefficient (Wildman–Crippen LogP) is 25.1. The molecular weight excluding hydrogens is 1420 g/mol. The first-order valence-electron chi connectivity index (χ1n) is 28.7. The van der Waals surface area contributed by atoms with E-state index in [0.717, 1.165) is 94.1 Å². The van der Waals surface area contributed by atoms with Crippen molar-refractivity contribution in [2.45, 2.75) is 55.6 Å². The molecule has 0 unspecified atom stereocenters. The number of aromatic nitrogens is 2. The predicted molar refractivity (Wildman–Crippen MR) is 317 cm³/mol. The van der Waals surface area contributed by atoms with E-state index in [4.69, 9.17) is 0 Å². The van der Waals surface area contributed by atoms with Gasteiger partial charge in [-0.1, -0.05) is 78.9 Å². The van der Waals surface area contributed by atoms with Crippen LogP contribution in [0.3, 0.4) is 0 Å². The summed E-state index contributed by atoms with van der Waals surface area (Å²) in [5, 5.41) is 20.9. The first-order chi connectivity index (χ1) is 47.2. The van der Waals surface area contributed by atoms with Gasteiger partial charge in [0.05, 0.1) is 107 Å². The van der Waals surface area contributed by atoms with Gasteiger partial charge in [-0.05, 0) is 142 Å². The minimum absolute atomic E-state index is 0.206. The Morgan fingerprint density at radius 3 is 0.676 bits per heavy atom. The minimum Gasteiger partial charge on any atom is -0.307 e. The molecule has 522 valence electrons. The highest BCUT2D eigenvalue weighted by Crippen LogP contribution is 2.51. The van der Waals surface area contributed by atoms with E-state index in [9.17, 15) is 76.4 Å². The second kappa shape index (κ2) is 23.8. The van der Waals surface area contributed by atoms with Gasteiger partial charge in [-0.2, -0.15) is 129 Å². The molecule has 0 fully saturated rings. The summed E-state index contributed by atoms with van der Waals surface area (Å²) >= 11 is 0. The van der Waals surface area contributed by atoms with E-state index in [2.05, 4.69) is 0 Å². The summed E-state index contributed by atoms with van der Waals surface area (Å²) in [5.74, 6) is 0. The molecule has 0 aliphatic carbocycles. The quantitative estimate of drug-likeness (QED) is 0.149. The molecule has 10 aromatic carbocycles. The first kappa shape index (κ1) is 70.7. The number of hydrogen-bond acceptors (Lipinski definition) is 2. The van der Waals surface area contributed by atoms with Crippen molar-refractivity contribution < 1.29 is 119 Å². The van der Waals surface area contributed by atoms with Crippen LogP contribution in [0.1, 0.15) is 61.2 Å². The van der Waals surface area contributed by atoms with Gasteiger partial charge in [-0.25, -0.2) is 0 Å². The summed E-state index contributed by atoms with van der Waals surface area (Å²) in [6.07, 6.45) is -49.4. The second-order valence-electron chi connectivity index (χ2n) is 23.0. The van der Waals surface area contributed by atoms with Gasteiger partial charge in [-0.15, -0.1) is 0 Å². The number of halogens is 27. The van der Waals surface area contributed by atoms with Crippen LogP contribution in [0.4, 0.5) is 119 Å². The highest BCUT2D eigenvalue weighted by atomic mass is 19.4. The van der Waals surface area contributed by atoms with Gasteiger partial charge in [0, 0.05) is 32.7 Å². The van der Waals surface area contributed by atoms with Crippen molar-refractivity contribution >= 4 is 43.6 Å². The molecule has 0 aliphatic heterocycles. The molecule has 102 heavy (non-hydrogen) atoms. The molecule has 0 saturated heterocycles. The monoisotopic (exact) mass is 1450 g/mol. The summed E-state index contributed by atoms with van der Waals surface area (Å²) in [7, 11) is 0. The fourth-order valence-corrected chi connectivity index (χ4v) is 12.4. The van der Waals surface area contributed by atoms with E-state index >= 15 is 52.7 Å². The van der Waals surface area contributed by atoms with Crippen molar-refractivity contribution in [2.24, 2.45) is 0 Å². The molecule has 12 rings (SSSR count). The van der Waals surface area contributed by atoms with Gasteiger partial charge in [0.25, 0.3) is 0 Å². The molecule has 4 nitrogen and oxygen atoms in total. The van der Waals surface area contributed by atoms with Crippen LogP contribution in [0.5, 0.6) is 0 Å². The van der Waals surface area contributed by atoms with Crippen LogP contribution in [-0.4, -0.2) is 9.13 Å². The summed E-state index contributed by atoms with van der Waals surface area (Å²) in [4.78, 5) is 0. The van der Waals surface area contributed by atoms with E-state index in [1.807, 2.05) is 0 Å². The Hall–Kier alpha value is -11.1. The molecular formula is C71H29F27N4. The molecule has 12 aromatic rings. The third-order valence-corrected chi connectivity index (χ3v) is 16.9. The fraction of sp³-hybridized carbons (Fsp3) is 0.127.